The van der Waals surface area contributed by atoms with Gasteiger partial charge in [-0.15, -0.1) is 0 Å². The van der Waals surface area contributed by atoms with Crippen molar-refractivity contribution >= 4 is 21.6 Å². The predicted molar refractivity (Wildman–Crippen MR) is 70.6 cm³/mol. The van der Waals surface area contributed by atoms with Crippen LogP contribution in [-0.4, -0.2) is 21.4 Å². The van der Waals surface area contributed by atoms with Crippen LogP contribution in [0.5, 0.6) is 0 Å². The van der Waals surface area contributed by atoms with Gasteiger partial charge in [0.15, 0.2) is 0 Å². The van der Waals surface area contributed by atoms with Crippen LogP contribution in [0.25, 0.3) is 0 Å². The summed E-state index contributed by atoms with van der Waals surface area (Å²) in [5.74, 6) is 0. The first-order valence-electron chi connectivity index (χ1n) is 5.79. The van der Waals surface area contributed by atoms with Crippen LogP contribution in [0, 0.1) is 0 Å². The summed E-state index contributed by atoms with van der Waals surface area (Å²) in [4.78, 5) is 4.27. The van der Waals surface area contributed by atoms with Crippen molar-refractivity contribution < 1.29 is 5.11 Å². The van der Waals surface area contributed by atoms with Gasteiger partial charge in [-0.05, 0) is 35.8 Å². The first-order valence-corrected chi connectivity index (χ1v) is 8.00. The fourth-order valence-electron chi connectivity index (χ4n) is 1.87. The molecule has 0 bridgehead atoms. The number of aliphatic hydroxyl groups excluding tert-OH is 1. The van der Waals surface area contributed by atoms with E-state index in [9.17, 15) is 5.11 Å². The molecule has 1 fully saturated rings. The third-order valence-corrected chi connectivity index (χ3v) is 5.66. The van der Waals surface area contributed by atoms with E-state index in [1.165, 1.54) is 19.3 Å². The van der Waals surface area contributed by atoms with Crippen molar-refractivity contribution in [2.45, 2.75) is 48.5 Å². The lowest BCUT2D eigenvalue weighted by atomic mass is 10.1. The Morgan fingerprint density at radius 2 is 2.06 bits per heavy atom. The summed E-state index contributed by atoms with van der Waals surface area (Å²) in [7, 11) is 3.46. The van der Waals surface area contributed by atoms with Crippen LogP contribution >= 0.6 is 21.6 Å². The first kappa shape index (κ1) is 12.3. The Bertz CT molecular complexity index is 307. The largest absolute Gasteiger partial charge is 0.392 e. The molecule has 0 radical (unpaired) electrons. The lowest BCUT2D eigenvalue weighted by Crippen LogP contribution is -2.20. The molecule has 0 saturated heterocycles. The maximum atomic E-state index is 9.97. The van der Waals surface area contributed by atoms with Crippen LogP contribution in [0.15, 0.2) is 29.4 Å². The van der Waals surface area contributed by atoms with Crippen LogP contribution in [0.4, 0.5) is 0 Å². The van der Waals surface area contributed by atoms with Crippen LogP contribution < -0.4 is 0 Å². The molecular weight excluding hydrogens is 238 g/mol. The molecule has 0 aliphatic heterocycles. The van der Waals surface area contributed by atoms with E-state index in [4.69, 9.17) is 0 Å². The molecule has 1 saturated carbocycles. The van der Waals surface area contributed by atoms with E-state index in [1.54, 1.807) is 21.6 Å². The van der Waals surface area contributed by atoms with Gasteiger partial charge in [0.1, 0.15) is 5.03 Å². The van der Waals surface area contributed by atoms with Crippen molar-refractivity contribution in [1.29, 1.82) is 0 Å². The predicted octanol–water partition coefficient (Wildman–Crippen LogP) is 3.52. The normalized spacial score (nSPS) is 26.3. The number of hydrogen-bond donors (Lipinski definition) is 1. The van der Waals surface area contributed by atoms with E-state index < -0.39 is 0 Å². The van der Waals surface area contributed by atoms with Crippen LogP contribution in [-0.2, 0) is 0 Å². The van der Waals surface area contributed by atoms with Crippen molar-refractivity contribution in [3.63, 3.8) is 0 Å². The molecule has 0 unspecified atom stereocenters. The molecule has 2 nitrogen and oxygen atoms in total. The van der Waals surface area contributed by atoms with Crippen molar-refractivity contribution in [2.24, 2.45) is 0 Å². The van der Waals surface area contributed by atoms with E-state index in [0.29, 0.717) is 5.25 Å². The highest BCUT2D eigenvalue weighted by Gasteiger charge is 2.22. The number of rotatable bonds is 3. The summed E-state index contributed by atoms with van der Waals surface area (Å²) in [6.07, 6.45) is 7.45. The summed E-state index contributed by atoms with van der Waals surface area (Å²) in [5, 5.41) is 11.4. The molecule has 16 heavy (non-hydrogen) atoms. The number of nitrogens with zero attached hydrogens (tertiary/aromatic N) is 1. The van der Waals surface area contributed by atoms with Gasteiger partial charge in [-0.25, -0.2) is 4.98 Å². The lowest BCUT2D eigenvalue weighted by Gasteiger charge is -2.18. The number of pyridine rings is 1. The summed E-state index contributed by atoms with van der Waals surface area (Å²) >= 11 is 0. The summed E-state index contributed by atoms with van der Waals surface area (Å²) in [6, 6.07) is 5.94. The summed E-state index contributed by atoms with van der Waals surface area (Å²) < 4.78 is 0. The SMILES string of the molecule is O[C@H]1CCCCC[C@@H]1SSc1ccccn1. The second-order valence-corrected chi connectivity index (χ2v) is 6.55. The molecule has 1 aromatic heterocycles. The highest BCUT2D eigenvalue weighted by Crippen LogP contribution is 2.38. The number of hydrogen-bond acceptors (Lipinski definition) is 4. The Hall–Kier alpha value is -0.190. The van der Waals surface area contributed by atoms with Crippen LogP contribution in [0.1, 0.15) is 32.1 Å². The van der Waals surface area contributed by atoms with Crippen molar-refractivity contribution in [3.05, 3.63) is 24.4 Å². The fourth-order valence-corrected chi connectivity index (χ4v) is 4.50. The zero-order valence-corrected chi connectivity index (χ0v) is 10.8. The maximum absolute atomic E-state index is 9.97. The number of aliphatic hydroxyl groups is 1. The Morgan fingerprint density at radius 3 is 2.88 bits per heavy atom. The molecule has 0 aromatic carbocycles. The van der Waals surface area contributed by atoms with Crippen LogP contribution in [0.2, 0.25) is 0 Å². The monoisotopic (exact) mass is 255 g/mol. The molecule has 1 N–H and O–H groups in total. The molecule has 2 rings (SSSR count). The topological polar surface area (TPSA) is 33.1 Å². The molecule has 1 heterocycles. The van der Waals surface area contributed by atoms with Gasteiger partial charge in [0, 0.05) is 11.4 Å². The quantitative estimate of drug-likeness (QED) is 0.662. The molecule has 0 amide bonds. The molecule has 1 aliphatic rings. The average molecular weight is 255 g/mol. The molecular formula is C12H17NOS2. The van der Waals surface area contributed by atoms with E-state index in [-0.39, 0.29) is 6.10 Å². The van der Waals surface area contributed by atoms with Crippen LogP contribution in [0.3, 0.4) is 0 Å². The van der Waals surface area contributed by atoms with Gasteiger partial charge >= 0.3 is 0 Å². The first-order chi connectivity index (χ1) is 7.86. The maximum Gasteiger partial charge on any atom is 0.106 e. The zero-order valence-electron chi connectivity index (χ0n) is 9.21. The molecule has 2 atom stereocenters. The fraction of sp³-hybridized carbons (Fsp3) is 0.583. The highest BCUT2D eigenvalue weighted by atomic mass is 33.1. The summed E-state index contributed by atoms with van der Waals surface area (Å²) in [6.45, 7) is 0. The average Bonchev–Trinajstić information content (AvgIpc) is 2.53. The smallest absolute Gasteiger partial charge is 0.106 e. The van der Waals surface area contributed by atoms with E-state index >= 15 is 0 Å². The van der Waals surface area contributed by atoms with Gasteiger partial charge in [0.05, 0.1) is 6.10 Å². The van der Waals surface area contributed by atoms with E-state index in [0.717, 1.165) is 17.9 Å². The van der Waals surface area contributed by atoms with Gasteiger partial charge in [0.2, 0.25) is 0 Å². The molecule has 4 heteroatoms. The van der Waals surface area contributed by atoms with E-state index in [1.807, 2.05) is 24.4 Å². The third-order valence-electron chi connectivity index (χ3n) is 2.81. The molecule has 1 aromatic rings. The van der Waals surface area contributed by atoms with Crippen molar-refractivity contribution in [3.8, 4) is 0 Å². The second kappa shape index (κ2) is 6.52. The standard InChI is InChI=1S/C12H17NOS2/c14-10-6-2-1-3-7-11(10)15-16-12-8-4-5-9-13-12/h4-5,8-11,14H,1-3,6-7H2/t10-,11-/m0/s1. The molecule has 1 aliphatic carbocycles. The summed E-state index contributed by atoms with van der Waals surface area (Å²) in [5.41, 5.74) is 0. The van der Waals surface area contributed by atoms with Crippen molar-refractivity contribution in [2.75, 3.05) is 0 Å². The minimum atomic E-state index is -0.135. The van der Waals surface area contributed by atoms with Gasteiger partial charge in [0.25, 0.3) is 0 Å². The lowest BCUT2D eigenvalue weighted by molar-refractivity contribution is 0.163. The van der Waals surface area contributed by atoms with Gasteiger partial charge in [-0.3, -0.25) is 0 Å². The second-order valence-electron chi connectivity index (χ2n) is 4.09. The Kier molecular flexibility index (Phi) is 5.00. The Morgan fingerprint density at radius 1 is 1.19 bits per heavy atom. The van der Waals surface area contributed by atoms with Crippen molar-refractivity contribution in [1.82, 2.24) is 4.98 Å². The van der Waals surface area contributed by atoms with Gasteiger partial charge in [-0.1, -0.05) is 36.1 Å². The minimum Gasteiger partial charge on any atom is -0.392 e. The number of aromatic nitrogens is 1. The van der Waals surface area contributed by atoms with Gasteiger partial charge in [-0.2, -0.15) is 0 Å². The Balaban J connectivity index is 1.84. The molecule has 88 valence electrons. The third kappa shape index (κ3) is 3.68. The Labute approximate surface area is 105 Å². The minimum absolute atomic E-state index is 0.135. The molecule has 0 spiro atoms. The van der Waals surface area contributed by atoms with Gasteiger partial charge < -0.3 is 5.11 Å². The zero-order chi connectivity index (χ0) is 11.2. The van der Waals surface area contributed by atoms with E-state index in [2.05, 4.69) is 4.98 Å². The highest BCUT2D eigenvalue weighted by molar-refractivity contribution is 8.76.